The van der Waals surface area contributed by atoms with Crippen LogP contribution in [0.2, 0.25) is 0 Å². The van der Waals surface area contributed by atoms with Crippen LogP contribution in [0.25, 0.3) is 0 Å². The van der Waals surface area contributed by atoms with E-state index < -0.39 is 92.2 Å². The summed E-state index contributed by atoms with van der Waals surface area (Å²) in [7, 11) is 0. The molecule has 3 aliphatic heterocycles. The molecule has 0 spiro atoms. The molecule has 8 N–H and O–H groups in total. The van der Waals surface area contributed by atoms with Crippen LogP contribution in [0.5, 0.6) is 0 Å². The average molecular weight is 767 g/mol. The van der Waals surface area contributed by atoms with Gasteiger partial charge in [0.15, 0.2) is 12.6 Å². The second-order valence-electron chi connectivity index (χ2n) is 18.0. The van der Waals surface area contributed by atoms with Crippen molar-refractivity contribution in [3.63, 3.8) is 0 Å². The minimum Gasteiger partial charge on any atom is -0.458 e. The van der Waals surface area contributed by atoms with Gasteiger partial charge in [-0.05, 0) is 87.4 Å². The van der Waals surface area contributed by atoms with Gasteiger partial charge in [-0.25, -0.2) is 4.79 Å². The van der Waals surface area contributed by atoms with Gasteiger partial charge in [-0.2, -0.15) is 0 Å². The fourth-order valence-electron chi connectivity index (χ4n) is 11.9. The number of carbonyl (C=O) groups excluding carboxylic acids is 1. The Labute approximate surface area is 317 Å². The molecule has 4 unspecified atom stereocenters. The van der Waals surface area contributed by atoms with E-state index in [1.54, 1.807) is 0 Å². The summed E-state index contributed by atoms with van der Waals surface area (Å²) in [4.78, 5) is 12.6. The summed E-state index contributed by atoms with van der Waals surface area (Å²) in [6, 6.07) is 0. The molecule has 5 fully saturated rings. The number of carbonyl (C=O) groups is 1. The number of aliphatic hydroxyl groups is 8. The van der Waals surface area contributed by atoms with Crippen LogP contribution in [0.3, 0.4) is 0 Å². The Morgan fingerprint density at radius 1 is 0.852 bits per heavy atom. The van der Waals surface area contributed by atoms with Gasteiger partial charge in [-0.15, -0.1) is 0 Å². The van der Waals surface area contributed by atoms with Crippen molar-refractivity contribution in [2.24, 2.45) is 40.4 Å². The molecule has 3 saturated carbocycles. The number of esters is 1. The van der Waals surface area contributed by atoms with Crippen molar-refractivity contribution in [2.45, 2.75) is 166 Å². The Hall–Kier alpha value is -1.53. The first-order valence-electron chi connectivity index (χ1n) is 20.0. The van der Waals surface area contributed by atoms with Crippen molar-refractivity contribution in [1.29, 1.82) is 0 Å². The number of rotatable bonds is 8. The monoisotopic (exact) mass is 766 g/mol. The largest absolute Gasteiger partial charge is 0.458 e. The van der Waals surface area contributed by atoms with Gasteiger partial charge in [0.1, 0.15) is 54.9 Å². The summed E-state index contributed by atoms with van der Waals surface area (Å²) in [6.07, 6.45) is -7.38. The Kier molecular flexibility index (Phi) is 11.5. The highest BCUT2D eigenvalue weighted by atomic mass is 16.7. The van der Waals surface area contributed by atoms with Crippen LogP contribution < -0.4 is 0 Å². The number of aliphatic hydroxyl groups excluding tert-OH is 8. The highest BCUT2D eigenvalue weighted by Gasteiger charge is 2.62. The average Bonchev–Trinajstić information content (AvgIpc) is 3.50. The van der Waals surface area contributed by atoms with Crippen LogP contribution in [0, 0.1) is 40.4 Å². The molecule has 54 heavy (non-hydrogen) atoms. The van der Waals surface area contributed by atoms with Crippen LogP contribution in [0.4, 0.5) is 0 Å². The molecule has 7 rings (SSSR count). The molecule has 14 nitrogen and oxygen atoms in total. The van der Waals surface area contributed by atoms with Gasteiger partial charge < -0.3 is 64.5 Å². The first kappa shape index (κ1) is 40.7. The van der Waals surface area contributed by atoms with E-state index in [-0.39, 0.29) is 29.8 Å². The third kappa shape index (κ3) is 6.73. The minimum atomic E-state index is -1.67. The quantitative estimate of drug-likeness (QED) is 0.127. The maximum atomic E-state index is 12.6. The molecule has 2 saturated heterocycles. The van der Waals surface area contributed by atoms with E-state index in [1.807, 2.05) is 13.8 Å². The van der Waals surface area contributed by atoms with Crippen LogP contribution in [-0.2, 0) is 28.5 Å². The van der Waals surface area contributed by atoms with Gasteiger partial charge in [0.05, 0.1) is 25.4 Å². The number of hydrogen-bond acceptors (Lipinski definition) is 14. The highest BCUT2D eigenvalue weighted by molar-refractivity contribution is 5.89. The topological polar surface area (TPSA) is 225 Å². The van der Waals surface area contributed by atoms with Gasteiger partial charge in [0.25, 0.3) is 0 Å². The van der Waals surface area contributed by atoms with Gasteiger partial charge in [-0.3, -0.25) is 0 Å². The molecule has 0 radical (unpaired) electrons. The Morgan fingerprint density at radius 3 is 2.20 bits per heavy atom. The van der Waals surface area contributed by atoms with E-state index >= 15 is 0 Å². The fourth-order valence-corrected chi connectivity index (χ4v) is 11.9. The zero-order valence-corrected chi connectivity index (χ0v) is 32.1. The molecule has 0 aromatic carbocycles. The molecule has 0 amide bonds. The number of ether oxygens (including phenoxy) is 5. The number of allylic oxidation sites excluding steroid dienone is 1. The van der Waals surface area contributed by atoms with Crippen molar-refractivity contribution in [1.82, 2.24) is 0 Å². The van der Waals surface area contributed by atoms with Crippen molar-refractivity contribution < 1.29 is 69.3 Å². The summed E-state index contributed by atoms with van der Waals surface area (Å²) >= 11 is 0. The van der Waals surface area contributed by atoms with Crippen LogP contribution >= 0.6 is 0 Å². The number of hydrogen-bond donors (Lipinski definition) is 8. The van der Waals surface area contributed by atoms with E-state index in [0.717, 1.165) is 55.2 Å². The minimum absolute atomic E-state index is 0.103. The lowest BCUT2D eigenvalue weighted by molar-refractivity contribution is -0.337. The predicted octanol–water partition coefficient (Wildman–Crippen LogP) is 0.834. The van der Waals surface area contributed by atoms with Crippen LogP contribution in [0.15, 0.2) is 22.8 Å². The Morgan fingerprint density at radius 2 is 1.52 bits per heavy atom. The molecule has 0 aromatic heterocycles. The Balaban J connectivity index is 1.00. The standard InChI is InChI=1S/C40H62O14/c1-17-12-26(52-36(49)18(17)2)19(3)23-8-9-24-22-7-6-20-13-21(14-29(42)40(20,5)25(22)10-11-39(23,24)4)51-38-35(48)33(46)31(44)28(54-38)16-50-37-34(47)32(45)30(43)27(15-41)53-37/h6,19,21-35,37-38,41-48H,7-16H2,1-5H3/t19-,21+,22-,23+,24-,25-,26+,27?,28?,29-,30+,31+,32+,33+,34?,35?,37+,38+,39+,40-/m0/s1. The maximum Gasteiger partial charge on any atom is 0.333 e. The summed E-state index contributed by atoms with van der Waals surface area (Å²) in [5, 5.41) is 84.3. The molecule has 0 bridgehead atoms. The lowest BCUT2D eigenvalue weighted by Crippen LogP contribution is -2.62. The van der Waals surface area contributed by atoms with Crippen molar-refractivity contribution in [3.05, 3.63) is 22.8 Å². The SMILES string of the molecule is CC1=C(C)C(=O)O[C@@H]([C@@H](C)[C@H]2CC[C@H]3[C@@H]4CC=C5C[C@@H](O[C@@H]6OC(CO[C@@H]7OC(CO)[C@@H](O)[C@@H](O)C7O)[C@@H](O)[C@@H](O)C6O)C[C@H](O)[C@]5(C)[C@H]4CC[C@]23C)C1. The molecule has 306 valence electrons. The number of fused-ring (bicyclic) bond motifs is 5. The van der Waals surface area contributed by atoms with Gasteiger partial charge in [0, 0.05) is 23.8 Å². The van der Waals surface area contributed by atoms with E-state index in [2.05, 4.69) is 26.8 Å². The molecule has 14 heteroatoms. The first-order valence-corrected chi connectivity index (χ1v) is 20.0. The number of cyclic esters (lactones) is 1. The predicted molar refractivity (Wildman–Crippen MR) is 190 cm³/mol. The second kappa shape index (κ2) is 15.3. The Bertz CT molecular complexity index is 1450. The molecule has 3 heterocycles. The van der Waals surface area contributed by atoms with E-state index in [1.165, 1.54) is 0 Å². The lowest BCUT2D eigenvalue weighted by Gasteiger charge is -2.60. The van der Waals surface area contributed by atoms with E-state index in [0.29, 0.717) is 30.1 Å². The zero-order chi connectivity index (χ0) is 39.0. The third-order valence-electron chi connectivity index (χ3n) is 15.4. The van der Waals surface area contributed by atoms with Gasteiger partial charge in [0.2, 0.25) is 0 Å². The smallest absolute Gasteiger partial charge is 0.333 e. The molecule has 7 aliphatic rings. The third-order valence-corrected chi connectivity index (χ3v) is 15.4. The summed E-state index contributed by atoms with van der Waals surface area (Å²) < 4.78 is 29.1. The molecular formula is C40H62O14. The lowest BCUT2D eigenvalue weighted by atomic mass is 9.46. The maximum absolute atomic E-state index is 12.6. The molecule has 4 aliphatic carbocycles. The van der Waals surface area contributed by atoms with E-state index in [9.17, 15) is 45.6 Å². The second-order valence-corrected chi connectivity index (χ2v) is 18.0. The van der Waals surface area contributed by atoms with Gasteiger partial charge >= 0.3 is 5.97 Å². The van der Waals surface area contributed by atoms with Crippen molar-refractivity contribution >= 4 is 5.97 Å². The van der Waals surface area contributed by atoms with Crippen molar-refractivity contribution in [3.8, 4) is 0 Å². The fraction of sp³-hybridized carbons (Fsp3) is 0.875. The molecule has 20 atom stereocenters. The van der Waals surface area contributed by atoms with Crippen molar-refractivity contribution in [2.75, 3.05) is 13.2 Å². The molecular weight excluding hydrogens is 704 g/mol. The summed E-state index contributed by atoms with van der Waals surface area (Å²) in [5.41, 5.74) is 2.65. The van der Waals surface area contributed by atoms with E-state index in [4.69, 9.17) is 23.7 Å². The van der Waals surface area contributed by atoms with Crippen LogP contribution in [0.1, 0.15) is 86.0 Å². The summed E-state index contributed by atoms with van der Waals surface area (Å²) in [5.74, 6) is 1.72. The highest BCUT2D eigenvalue weighted by Crippen LogP contribution is 2.67. The zero-order valence-electron chi connectivity index (χ0n) is 32.1. The van der Waals surface area contributed by atoms with Crippen LogP contribution in [-0.4, -0.2) is 140 Å². The normalized spacial score (nSPS) is 51.5. The van der Waals surface area contributed by atoms with Gasteiger partial charge in [-0.1, -0.05) is 38.0 Å². The molecule has 0 aromatic rings. The first-order chi connectivity index (χ1) is 25.5. The summed E-state index contributed by atoms with van der Waals surface area (Å²) in [6.45, 7) is 9.70.